The zero-order chi connectivity index (χ0) is 7.40. The van der Waals surface area contributed by atoms with Gasteiger partial charge < -0.3 is 0 Å². The molecule has 1 aromatic rings. The van der Waals surface area contributed by atoms with E-state index in [-0.39, 0.29) is 0 Å². The van der Waals surface area contributed by atoms with E-state index in [0.29, 0.717) is 6.54 Å². The summed E-state index contributed by atoms with van der Waals surface area (Å²) in [7, 11) is 0. The van der Waals surface area contributed by atoms with Gasteiger partial charge in [-0.05, 0) is 19.1 Å². The van der Waals surface area contributed by atoms with E-state index in [9.17, 15) is 0 Å². The molecular formula is C6H6N2S2. The molecule has 0 aliphatic carbocycles. The van der Waals surface area contributed by atoms with Gasteiger partial charge in [0.2, 0.25) is 0 Å². The molecule has 4 heteroatoms. The highest BCUT2D eigenvalue weighted by molar-refractivity contribution is 7.78. The number of aliphatic imine (C=N–C) groups is 1. The van der Waals surface area contributed by atoms with Gasteiger partial charge in [0, 0.05) is 11.1 Å². The summed E-state index contributed by atoms with van der Waals surface area (Å²) in [5.74, 6) is 0. The molecule has 0 aromatic carbocycles. The van der Waals surface area contributed by atoms with Crippen molar-refractivity contribution >= 4 is 28.7 Å². The Morgan fingerprint density at radius 2 is 2.70 bits per heavy atom. The molecule has 0 bridgehead atoms. The van der Waals surface area contributed by atoms with E-state index in [0.717, 1.165) is 10.7 Å². The van der Waals surface area contributed by atoms with Crippen LogP contribution in [0.5, 0.6) is 0 Å². The maximum Gasteiger partial charge on any atom is 0.115 e. The van der Waals surface area contributed by atoms with E-state index < -0.39 is 0 Å². The minimum absolute atomic E-state index is 0.571. The lowest BCUT2D eigenvalue weighted by atomic mass is 10.6. The molecule has 0 fully saturated rings. The van der Waals surface area contributed by atoms with Crippen molar-refractivity contribution in [2.24, 2.45) is 4.99 Å². The zero-order valence-corrected chi connectivity index (χ0v) is 7.13. The molecule has 0 saturated heterocycles. The number of rotatable bonds is 2. The van der Waals surface area contributed by atoms with E-state index in [2.05, 4.69) is 27.4 Å². The Hall–Kier alpha value is -0.570. The second-order valence-electron chi connectivity index (χ2n) is 1.79. The van der Waals surface area contributed by atoms with Crippen LogP contribution in [0.15, 0.2) is 10.4 Å². The quantitative estimate of drug-likeness (QED) is 0.501. The highest BCUT2D eigenvalue weighted by Gasteiger charge is 1.94. The lowest BCUT2D eigenvalue weighted by Crippen LogP contribution is -1.77. The Kier molecular flexibility index (Phi) is 2.68. The lowest BCUT2D eigenvalue weighted by Gasteiger charge is -1.81. The van der Waals surface area contributed by atoms with Crippen molar-refractivity contribution in [1.29, 1.82) is 0 Å². The van der Waals surface area contributed by atoms with Crippen LogP contribution in [0.3, 0.4) is 0 Å². The molecule has 0 radical (unpaired) electrons. The van der Waals surface area contributed by atoms with Crippen molar-refractivity contribution in [3.63, 3.8) is 0 Å². The summed E-state index contributed by atoms with van der Waals surface area (Å²) >= 11 is 6.02. The van der Waals surface area contributed by atoms with Gasteiger partial charge in [0.05, 0.1) is 5.16 Å². The number of hydrogen-bond acceptors (Lipinski definition) is 4. The van der Waals surface area contributed by atoms with Gasteiger partial charge in [-0.15, -0.1) is 11.3 Å². The third kappa shape index (κ3) is 1.99. The fourth-order valence-corrected chi connectivity index (χ4v) is 1.33. The highest BCUT2D eigenvalue weighted by Crippen LogP contribution is 2.08. The molecule has 1 heterocycles. The summed E-state index contributed by atoms with van der Waals surface area (Å²) in [5.41, 5.74) is 1.04. The summed E-state index contributed by atoms with van der Waals surface area (Å²) in [6, 6.07) is 0. The predicted octanol–water partition coefficient (Wildman–Crippen LogP) is 2.05. The molecule has 10 heavy (non-hydrogen) atoms. The standard InChI is InChI=1S/C6H6N2S2/c1-5-3-10-6(8-5)2-7-4-9/h3H,2H2,1H3. The van der Waals surface area contributed by atoms with Crippen LogP contribution >= 0.6 is 23.6 Å². The van der Waals surface area contributed by atoms with Crippen LogP contribution in [0, 0.1) is 6.92 Å². The Balaban J connectivity index is 2.66. The predicted molar refractivity (Wildman–Crippen MR) is 45.6 cm³/mol. The Labute approximate surface area is 68.6 Å². The third-order valence-electron chi connectivity index (χ3n) is 0.945. The van der Waals surface area contributed by atoms with Crippen molar-refractivity contribution in [2.75, 3.05) is 0 Å². The Morgan fingerprint density at radius 3 is 3.20 bits per heavy atom. The molecule has 1 rings (SSSR count). The number of aromatic nitrogens is 1. The van der Waals surface area contributed by atoms with Gasteiger partial charge in [0.1, 0.15) is 11.6 Å². The minimum atomic E-state index is 0.571. The normalized spacial score (nSPS) is 8.90. The molecular weight excluding hydrogens is 164 g/mol. The van der Waals surface area contributed by atoms with Crippen molar-refractivity contribution in [3.8, 4) is 0 Å². The molecule has 0 aliphatic heterocycles. The smallest absolute Gasteiger partial charge is 0.115 e. The van der Waals surface area contributed by atoms with E-state index in [1.54, 1.807) is 11.3 Å². The molecule has 0 unspecified atom stereocenters. The van der Waals surface area contributed by atoms with Crippen LogP contribution in [-0.2, 0) is 6.54 Å². The highest BCUT2D eigenvalue weighted by atomic mass is 32.1. The molecule has 0 amide bonds. The van der Waals surface area contributed by atoms with Crippen molar-refractivity contribution in [1.82, 2.24) is 4.98 Å². The van der Waals surface area contributed by atoms with Gasteiger partial charge >= 0.3 is 0 Å². The first-order valence-electron chi connectivity index (χ1n) is 2.77. The number of nitrogens with zero attached hydrogens (tertiary/aromatic N) is 2. The average Bonchev–Trinajstić information content (AvgIpc) is 2.31. The Morgan fingerprint density at radius 1 is 1.90 bits per heavy atom. The van der Waals surface area contributed by atoms with Gasteiger partial charge in [0.15, 0.2) is 0 Å². The minimum Gasteiger partial charge on any atom is -0.245 e. The van der Waals surface area contributed by atoms with Gasteiger partial charge in [-0.2, -0.15) is 0 Å². The zero-order valence-electron chi connectivity index (χ0n) is 5.50. The van der Waals surface area contributed by atoms with E-state index >= 15 is 0 Å². The van der Waals surface area contributed by atoms with Crippen molar-refractivity contribution in [2.45, 2.75) is 13.5 Å². The van der Waals surface area contributed by atoms with Crippen LogP contribution in [0.2, 0.25) is 0 Å². The topological polar surface area (TPSA) is 25.2 Å². The number of hydrogen-bond donors (Lipinski definition) is 0. The van der Waals surface area contributed by atoms with Gasteiger partial charge in [-0.1, -0.05) is 0 Å². The maximum absolute atomic E-state index is 4.42. The maximum atomic E-state index is 4.42. The lowest BCUT2D eigenvalue weighted by molar-refractivity contribution is 1.03. The monoisotopic (exact) mass is 170 g/mol. The van der Waals surface area contributed by atoms with Crippen molar-refractivity contribution < 1.29 is 0 Å². The second kappa shape index (κ2) is 3.56. The van der Waals surface area contributed by atoms with E-state index in [4.69, 9.17) is 0 Å². The fraction of sp³-hybridized carbons (Fsp3) is 0.333. The van der Waals surface area contributed by atoms with Crippen LogP contribution in [0.25, 0.3) is 0 Å². The summed E-state index contributed by atoms with van der Waals surface area (Å²) in [6.07, 6.45) is 0. The molecule has 0 spiro atoms. The van der Waals surface area contributed by atoms with Gasteiger partial charge in [0.25, 0.3) is 0 Å². The fourth-order valence-electron chi connectivity index (χ4n) is 0.575. The van der Waals surface area contributed by atoms with E-state index in [1.807, 2.05) is 12.3 Å². The van der Waals surface area contributed by atoms with Crippen LogP contribution in [-0.4, -0.2) is 10.1 Å². The molecule has 52 valence electrons. The number of isothiocyanates is 1. The molecule has 0 atom stereocenters. The van der Waals surface area contributed by atoms with E-state index in [1.165, 1.54) is 0 Å². The van der Waals surface area contributed by atoms with Gasteiger partial charge in [-0.25, -0.2) is 9.98 Å². The molecule has 1 aromatic heterocycles. The average molecular weight is 170 g/mol. The summed E-state index contributed by atoms with van der Waals surface area (Å²) in [6.45, 7) is 2.53. The molecule has 0 saturated carbocycles. The molecule has 2 nitrogen and oxygen atoms in total. The van der Waals surface area contributed by atoms with Crippen molar-refractivity contribution in [3.05, 3.63) is 16.1 Å². The first-order chi connectivity index (χ1) is 4.83. The number of aryl methyl sites for hydroxylation is 1. The summed E-state index contributed by atoms with van der Waals surface area (Å²) in [5, 5.41) is 5.29. The Bertz CT molecular complexity index is 260. The van der Waals surface area contributed by atoms with Gasteiger partial charge in [-0.3, -0.25) is 0 Å². The number of thiazole rings is 1. The molecule has 0 aliphatic rings. The molecule has 0 N–H and O–H groups in total. The summed E-state index contributed by atoms with van der Waals surface area (Å²) in [4.78, 5) is 7.95. The largest absolute Gasteiger partial charge is 0.245 e. The summed E-state index contributed by atoms with van der Waals surface area (Å²) < 4.78 is 0. The first-order valence-corrected chi connectivity index (χ1v) is 4.06. The third-order valence-corrected chi connectivity index (χ3v) is 2.03. The SMILES string of the molecule is Cc1csc(CN=C=S)n1. The van der Waals surface area contributed by atoms with Crippen LogP contribution in [0.1, 0.15) is 10.7 Å². The van der Waals surface area contributed by atoms with Crippen LogP contribution in [0.4, 0.5) is 0 Å². The second-order valence-corrected chi connectivity index (χ2v) is 2.92. The first kappa shape index (κ1) is 7.54. The number of thiocarbonyl (C=S) groups is 1. The van der Waals surface area contributed by atoms with Crippen LogP contribution < -0.4 is 0 Å².